The Morgan fingerprint density at radius 1 is 1.25 bits per heavy atom. The molecule has 0 saturated carbocycles. The first-order valence-electron chi connectivity index (χ1n) is 8.63. The van der Waals surface area contributed by atoms with E-state index in [0.29, 0.717) is 11.5 Å². The maximum atomic E-state index is 5.63. The van der Waals surface area contributed by atoms with Crippen LogP contribution in [0.15, 0.2) is 0 Å². The average Bonchev–Trinajstić information content (AvgIpc) is 2.78. The summed E-state index contributed by atoms with van der Waals surface area (Å²) in [5.74, 6) is 0. The van der Waals surface area contributed by atoms with Crippen molar-refractivity contribution in [3.63, 3.8) is 0 Å². The summed E-state index contributed by atoms with van der Waals surface area (Å²) in [4.78, 5) is 2.80. The minimum Gasteiger partial charge on any atom is -0.381 e. The van der Waals surface area contributed by atoms with E-state index in [1.807, 2.05) is 0 Å². The van der Waals surface area contributed by atoms with Crippen LogP contribution in [0.4, 0.5) is 0 Å². The Bertz CT molecular complexity index is 287. The third kappa shape index (κ3) is 3.96. The maximum absolute atomic E-state index is 5.63. The summed E-state index contributed by atoms with van der Waals surface area (Å²) >= 11 is 0. The first-order chi connectivity index (χ1) is 9.56. The molecule has 20 heavy (non-hydrogen) atoms. The molecule has 1 N–H and O–H groups in total. The highest BCUT2D eigenvalue weighted by atomic mass is 16.5. The van der Waals surface area contributed by atoms with Gasteiger partial charge in [-0.05, 0) is 44.4 Å². The SMILES string of the molecule is CCC1CCC(C)N1CC1(CNC(C)C)CCOCC1. The van der Waals surface area contributed by atoms with Gasteiger partial charge < -0.3 is 10.1 Å². The summed E-state index contributed by atoms with van der Waals surface area (Å²) in [5, 5.41) is 3.70. The van der Waals surface area contributed by atoms with Gasteiger partial charge in [0.25, 0.3) is 0 Å². The molecule has 3 nitrogen and oxygen atoms in total. The first kappa shape index (κ1) is 16.3. The Morgan fingerprint density at radius 3 is 2.55 bits per heavy atom. The van der Waals surface area contributed by atoms with Crippen LogP contribution in [0.2, 0.25) is 0 Å². The maximum Gasteiger partial charge on any atom is 0.0472 e. The molecule has 0 aromatic rings. The summed E-state index contributed by atoms with van der Waals surface area (Å²) in [7, 11) is 0. The summed E-state index contributed by atoms with van der Waals surface area (Å²) < 4.78 is 5.63. The molecule has 2 heterocycles. The summed E-state index contributed by atoms with van der Waals surface area (Å²) in [6.07, 6.45) is 6.50. The highest BCUT2D eigenvalue weighted by Gasteiger charge is 2.39. The van der Waals surface area contributed by atoms with Crippen LogP contribution in [0.25, 0.3) is 0 Å². The number of hydrogen-bond donors (Lipinski definition) is 1. The lowest BCUT2D eigenvalue weighted by Gasteiger charge is -2.43. The fraction of sp³-hybridized carbons (Fsp3) is 1.00. The van der Waals surface area contributed by atoms with E-state index in [1.54, 1.807) is 0 Å². The van der Waals surface area contributed by atoms with Crippen molar-refractivity contribution in [1.29, 1.82) is 0 Å². The van der Waals surface area contributed by atoms with Gasteiger partial charge in [-0.2, -0.15) is 0 Å². The Hall–Kier alpha value is -0.120. The number of nitrogens with zero attached hydrogens (tertiary/aromatic N) is 1. The van der Waals surface area contributed by atoms with Crippen LogP contribution < -0.4 is 5.32 Å². The van der Waals surface area contributed by atoms with E-state index < -0.39 is 0 Å². The van der Waals surface area contributed by atoms with Gasteiger partial charge in [-0.15, -0.1) is 0 Å². The van der Waals surface area contributed by atoms with Crippen LogP contribution in [0.3, 0.4) is 0 Å². The molecule has 2 aliphatic rings. The van der Waals surface area contributed by atoms with Gasteiger partial charge in [-0.25, -0.2) is 0 Å². The Balaban J connectivity index is 2.02. The van der Waals surface area contributed by atoms with E-state index in [-0.39, 0.29) is 0 Å². The number of nitrogens with one attached hydrogen (secondary N) is 1. The van der Waals surface area contributed by atoms with E-state index in [2.05, 4.69) is 37.9 Å². The second-order valence-electron chi connectivity index (χ2n) is 7.31. The molecule has 2 unspecified atom stereocenters. The Labute approximate surface area is 125 Å². The minimum atomic E-state index is 0.425. The second kappa shape index (κ2) is 7.24. The van der Waals surface area contributed by atoms with Crippen LogP contribution in [-0.2, 0) is 4.74 Å². The quantitative estimate of drug-likeness (QED) is 0.810. The summed E-state index contributed by atoms with van der Waals surface area (Å²) in [5.41, 5.74) is 0.425. The van der Waals surface area contributed by atoms with E-state index in [1.165, 1.54) is 38.6 Å². The molecule has 2 saturated heterocycles. The molecule has 118 valence electrons. The molecular formula is C17H34N2O. The van der Waals surface area contributed by atoms with Crippen molar-refractivity contribution in [3.05, 3.63) is 0 Å². The highest BCUT2D eigenvalue weighted by Crippen LogP contribution is 2.36. The lowest BCUT2D eigenvalue weighted by atomic mass is 9.79. The molecule has 0 aliphatic carbocycles. The smallest absolute Gasteiger partial charge is 0.0472 e. The van der Waals surface area contributed by atoms with Crippen LogP contribution in [0.5, 0.6) is 0 Å². The largest absolute Gasteiger partial charge is 0.381 e. The normalized spacial score (nSPS) is 31.1. The zero-order valence-corrected chi connectivity index (χ0v) is 14.0. The lowest BCUT2D eigenvalue weighted by molar-refractivity contribution is -0.0133. The average molecular weight is 282 g/mol. The van der Waals surface area contributed by atoms with Gasteiger partial charge in [-0.3, -0.25) is 4.90 Å². The molecule has 0 spiro atoms. The fourth-order valence-electron chi connectivity index (χ4n) is 3.85. The second-order valence-corrected chi connectivity index (χ2v) is 7.31. The zero-order chi connectivity index (χ0) is 14.6. The Morgan fingerprint density at radius 2 is 1.95 bits per heavy atom. The van der Waals surface area contributed by atoms with Crippen molar-refractivity contribution in [1.82, 2.24) is 10.2 Å². The van der Waals surface area contributed by atoms with Crippen molar-refractivity contribution in [3.8, 4) is 0 Å². The summed E-state index contributed by atoms with van der Waals surface area (Å²) in [6.45, 7) is 13.6. The van der Waals surface area contributed by atoms with E-state index >= 15 is 0 Å². The van der Waals surface area contributed by atoms with Crippen LogP contribution >= 0.6 is 0 Å². The molecular weight excluding hydrogens is 248 g/mol. The molecule has 0 radical (unpaired) electrons. The van der Waals surface area contributed by atoms with Crippen molar-refractivity contribution in [2.45, 2.75) is 77.9 Å². The molecule has 0 aromatic carbocycles. The predicted molar refractivity (Wildman–Crippen MR) is 85.1 cm³/mol. The first-order valence-corrected chi connectivity index (χ1v) is 8.63. The molecule has 2 fully saturated rings. The van der Waals surface area contributed by atoms with Gasteiger partial charge in [0.15, 0.2) is 0 Å². The minimum absolute atomic E-state index is 0.425. The van der Waals surface area contributed by atoms with Crippen molar-refractivity contribution in [2.24, 2.45) is 5.41 Å². The monoisotopic (exact) mass is 282 g/mol. The van der Waals surface area contributed by atoms with Gasteiger partial charge >= 0.3 is 0 Å². The third-order valence-electron chi connectivity index (χ3n) is 5.38. The molecule has 0 aromatic heterocycles. The topological polar surface area (TPSA) is 24.5 Å². The van der Waals surface area contributed by atoms with Gasteiger partial charge in [0.05, 0.1) is 0 Å². The fourth-order valence-corrected chi connectivity index (χ4v) is 3.85. The van der Waals surface area contributed by atoms with Gasteiger partial charge in [-0.1, -0.05) is 20.8 Å². The molecule has 0 bridgehead atoms. The number of hydrogen-bond acceptors (Lipinski definition) is 3. The van der Waals surface area contributed by atoms with E-state index in [9.17, 15) is 0 Å². The van der Waals surface area contributed by atoms with Crippen molar-refractivity contribution >= 4 is 0 Å². The predicted octanol–water partition coefficient (Wildman–Crippen LogP) is 3.04. The molecule has 3 heteroatoms. The van der Waals surface area contributed by atoms with Crippen LogP contribution in [-0.4, -0.2) is 49.3 Å². The van der Waals surface area contributed by atoms with Gasteiger partial charge in [0, 0.05) is 44.4 Å². The number of rotatable bonds is 6. The number of likely N-dealkylation sites (tertiary alicyclic amines) is 1. The van der Waals surface area contributed by atoms with E-state index in [4.69, 9.17) is 4.74 Å². The molecule has 2 atom stereocenters. The van der Waals surface area contributed by atoms with Gasteiger partial charge in [0.1, 0.15) is 0 Å². The molecule has 2 aliphatic heterocycles. The van der Waals surface area contributed by atoms with Crippen LogP contribution in [0.1, 0.15) is 59.8 Å². The van der Waals surface area contributed by atoms with Crippen molar-refractivity contribution in [2.75, 3.05) is 26.3 Å². The summed E-state index contributed by atoms with van der Waals surface area (Å²) in [6, 6.07) is 2.15. The highest BCUT2D eigenvalue weighted by molar-refractivity contribution is 4.93. The zero-order valence-electron chi connectivity index (χ0n) is 14.0. The lowest BCUT2D eigenvalue weighted by Crippen LogP contribution is -2.51. The molecule has 0 amide bonds. The Kier molecular flexibility index (Phi) is 5.88. The molecule has 2 rings (SSSR count). The van der Waals surface area contributed by atoms with Crippen molar-refractivity contribution < 1.29 is 4.74 Å². The van der Waals surface area contributed by atoms with E-state index in [0.717, 1.165) is 31.8 Å². The third-order valence-corrected chi connectivity index (χ3v) is 5.38. The van der Waals surface area contributed by atoms with Crippen LogP contribution in [0, 0.1) is 5.41 Å². The van der Waals surface area contributed by atoms with Gasteiger partial charge in [0.2, 0.25) is 0 Å². The standard InChI is InChI=1S/C17H34N2O/c1-5-16-7-6-15(4)19(16)13-17(12-18-14(2)3)8-10-20-11-9-17/h14-16,18H,5-13H2,1-4H3. The number of ether oxygens (including phenoxy) is 1.